The first-order valence-corrected chi connectivity index (χ1v) is 6.82. The summed E-state index contributed by atoms with van der Waals surface area (Å²) in [7, 11) is 3.97. The Morgan fingerprint density at radius 1 is 1.47 bits per heavy atom. The molecule has 1 aromatic carbocycles. The van der Waals surface area contributed by atoms with Gasteiger partial charge in [0.05, 0.1) is 0 Å². The monoisotopic (exact) mass is 261 g/mol. The maximum absolute atomic E-state index is 12.3. The lowest BCUT2D eigenvalue weighted by molar-refractivity contribution is -0.131. The van der Waals surface area contributed by atoms with Crippen molar-refractivity contribution in [1.82, 2.24) is 9.80 Å². The molecule has 1 aliphatic rings. The summed E-state index contributed by atoms with van der Waals surface area (Å²) in [6, 6.07) is 9.01. The minimum atomic E-state index is -0.551. The first-order valence-electron chi connectivity index (χ1n) is 6.82. The standard InChI is InChI=1S/C15H23N3O/c1-17-9-8-12(10-17)11-18(2)15(19)14(16)13-6-4-3-5-7-13/h3-7,12,14H,8-11,16H2,1-2H3/t12?,14-/m1/s1. The van der Waals surface area contributed by atoms with Crippen molar-refractivity contribution in [3.63, 3.8) is 0 Å². The molecule has 1 fully saturated rings. The molecule has 4 nitrogen and oxygen atoms in total. The van der Waals surface area contributed by atoms with Gasteiger partial charge in [-0.05, 0) is 31.5 Å². The fourth-order valence-corrected chi connectivity index (χ4v) is 2.69. The van der Waals surface area contributed by atoms with Crippen LogP contribution in [0, 0.1) is 5.92 Å². The molecule has 2 atom stereocenters. The molecule has 104 valence electrons. The van der Waals surface area contributed by atoms with Crippen LogP contribution < -0.4 is 5.73 Å². The maximum Gasteiger partial charge on any atom is 0.243 e. The number of amides is 1. The molecule has 19 heavy (non-hydrogen) atoms. The Kier molecular flexibility index (Phi) is 4.56. The fourth-order valence-electron chi connectivity index (χ4n) is 2.69. The highest BCUT2D eigenvalue weighted by Gasteiger charge is 2.25. The lowest BCUT2D eigenvalue weighted by Crippen LogP contribution is -2.39. The summed E-state index contributed by atoms with van der Waals surface area (Å²) >= 11 is 0. The number of nitrogens with two attached hydrogens (primary N) is 1. The third kappa shape index (κ3) is 3.55. The molecule has 4 heteroatoms. The molecule has 1 amide bonds. The summed E-state index contributed by atoms with van der Waals surface area (Å²) < 4.78 is 0. The molecule has 0 bridgehead atoms. The molecule has 2 rings (SSSR count). The summed E-state index contributed by atoms with van der Waals surface area (Å²) in [5.41, 5.74) is 6.92. The number of benzene rings is 1. The molecule has 0 aromatic heterocycles. The van der Waals surface area contributed by atoms with E-state index in [1.54, 1.807) is 4.90 Å². The summed E-state index contributed by atoms with van der Waals surface area (Å²) in [6.45, 7) is 2.99. The zero-order valence-corrected chi connectivity index (χ0v) is 11.7. The number of rotatable bonds is 4. The summed E-state index contributed by atoms with van der Waals surface area (Å²) in [5, 5.41) is 0. The van der Waals surface area contributed by atoms with E-state index < -0.39 is 6.04 Å². The van der Waals surface area contributed by atoms with Crippen LogP contribution in [-0.4, -0.2) is 49.4 Å². The van der Waals surface area contributed by atoms with Crippen LogP contribution in [-0.2, 0) is 4.79 Å². The predicted molar refractivity (Wildman–Crippen MR) is 76.6 cm³/mol. The van der Waals surface area contributed by atoms with Crippen LogP contribution >= 0.6 is 0 Å². The molecule has 1 aliphatic heterocycles. The number of nitrogens with zero attached hydrogens (tertiary/aromatic N) is 2. The van der Waals surface area contributed by atoms with Gasteiger partial charge in [-0.3, -0.25) is 4.79 Å². The van der Waals surface area contributed by atoms with Crippen molar-refractivity contribution in [2.75, 3.05) is 33.7 Å². The fraction of sp³-hybridized carbons (Fsp3) is 0.533. The normalized spacial score (nSPS) is 21.3. The van der Waals surface area contributed by atoms with Gasteiger partial charge in [0.1, 0.15) is 6.04 Å². The van der Waals surface area contributed by atoms with Crippen molar-refractivity contribution in [3.8, 4) is 0 Å². The Morgan fingerprint density at radius 2 is 2.16 bits per heavy atom. The molecule has 1 unspecified atom stereocenters. The lowest BCUT2D eigenvalue weighted by Gasteiger charge is -2.24. The smallest absolute Gasteiger partial charge is 0.243 e. The average Bonchev–Trinajstić information content (AvgIpc) is 2.83. The third-order valence-electron chi connectivity index (χ3n) is 3.82. The Bertz CT molecular complexity index is 421. The molecule has 1 heterocycles. The number of hydrogen-bond donors (Lipinski definition) is 1. The molecule has 0 saturated carbocycles. The van der Waals surface area contributed by atoms with Gasteiger partial charge in [0.25, 0.3) is 0 Å². The van der Waals surface area contributed by atoms with Crippen molar-refractivity contribution in [2.45, 2.75) is 12.5 Å². The zero-order chi connectivity index (χ0) is 13.8. The molecule has 2 N–H and O–H groups in total. The summed E-state index contributed by atoms with van der Waals surface area (Å²) in [6.07, 6.45) is 1.16. The highest BCUT2D eigenvalue weighted by atomic mass is 16.2. The van der Waals surface area contributed by atoms with Crippen molar-refractivity contribution in [1.29, 1.82) is 0 Å². The molecule has 1 saturated heterocycles. The third-order valence-corrected chi connectivity index (χ3v) is 3.82. The second-order valence-corrected chi connectivity index (χ2v) is 5.52. The van der Waals surface area contributed by atoms with E-state index in [0.29, 0.717) is 5.92 Å². The lowest BCUT2D eigenvalue weighted by atomic mass is 10.1. The molecule has 0 spiro atoms. The average molecular weight is 261 g/mol. The molecular weight excluding hydrogens is 238 g/mol. The summed E-state index contributed by atoms with van der Waals surface area (Å²) in [4.78, 5) is 16.4. The van der Waals surface area contributed by atoms with Crippen LogP contribution in [0.1, 0.15) is 18.0 Å². The highest BCUT2D eigenvalue weighted by molar-refractivity contribution is 5.82. The molecule has 1 aromatic rings. The van der Waals surface area contributed by atoms with Crippen LogP contribution in [0.3, 0.4) is 0 Å². The number of hydrogen-bond acceptors (Lipinski definition) is 3. The van der Waals surface area contributed by atoms with Gasteiger partial charge in [0.15, 0.2) is 0 Å². The minimum absolute atomic E-state index is 0.000697. The number of likely N-dealkylation sites (N-methyl/N-ethyl adjacent to an activating group) is 1. The predicted octanol–water partition coefficient (Wildman–Crippen LogP) is 1.10. The van der Waals surface area contributed by atoms with E-state index >= 15 is 0 Å². The first kappa shape index (κ1) is 14.0. The van der Waals surface area contributed by atoms with Gasteiger partial charge in [-0.15, -0.1) is 0 Å². The van der Waals surface area contributed by atoms with E-state index in [1.165, 1.54) is 0 Å². The van der Waals surface area contributed by atoms with Crippen LogP contribution in [0.4, 0.5) is 0 Å². The van der Waals surface area contributed by atoms with Gasteiger partial charge in [0.2, 0.25) is 5.91 Å². The Labute approximate surface area is 115 Å². The van der Waals surface area contributed by atoms with Crippen molar-refractivity contribution >= 4 is 5.91 Å². The van der Waals surface area contributed by atoms with Crippen LogP contribution in [0.2, 0.25) is 0 Å². The largest absolute Gasteiger partial charge is 0.344 e. The van der Waals surface area contributed by atoms with Gasteiger partial charge in [-0.25, -0.2) is 0 Å². The quantitative estimate of drug-likeness (QED) is 0.883. The van der Waals surface area contributed by atoms with E-state index in [9.17, 15) is 4.79 Å². The minimum Gasteiger partial charge on any atom is -0.344 e. The van der Waals surface area contributed by atoms with Crippen molar-refractivity contribution in [2.24, 2.45) is 11.7 Å². The van der Waals surface area contributed by atoms with E-state index in [0.717, 1.165) is 31.6 Å². The topological polar surface area (TPSA) is 49.6 Å². The van der Waals surface area contributed by atoms with E-state index in [4.69, 9.17) is 5.73 Å². The van der Waals surface area contributed by atoms with Crippen molar-refractivity contribution < 1.29 is 4.79 Å². The number of likely N-dealkylation sites (tertiary alicyclic amines) is 1. The van der Waals surface area contributed by atoms with Gasteiger partial charge >= 0.3 is 0 Å². The second-order valence-electron chi connectivity index (χ2n) is 5.52. The number of carbonyl (C=O) groups is 1. The Hall–Kier alpha value is -1.39. The van der Waals surface area contributed by atoms with Gasteiger partial charge in [0, 0.05) is 20.1 Å². The van der Waals surface area contributed by atoms with Crippen LogP contribution in [0.5, 0.6) is 0 Å². The maximum atomic E-state index is 12.3. The second kappa shape index (κ2) is 6.17. The van der Waals surface area contributed by atoms with Gasteiger partial charge in [-0.1, -0.05) is 30.3 Å². The Morgan fingerprint density at radius 3 is 2.74 bits per heavy atom. The molecule has 0 aliphatic carbocycles. The van der Waals surface area contributed by atoms with Gasteiger partial charge in [-0.2, -0.15) is 0 Å². The number of carbonyl (C=O) groups excluding carboxylic acids is 1. The van der Waals surface area contributed by atoms with E-state index in [1.807, 2.05) is 37.4 Å². The Balaban J connectivity index is 1.92. The summed E-state index contributed by atoms with van der Waals surface area (Å²) in [5.74, 6) is 0.572. The molecule has 0 radical (unpaired) electrons. The SMILES string of the molecule is CN1CCC(CN(C)C(=O)[C@H](N)c2ccccc2)C1. The van der Waals surface area contributed by atoms with Crippen molar-refractivity contribution in [3.05, 3.63) is 35.9 Å². The van der Waals surface area contributed by atoms with Gasteiger partial charge < -0.3 is 15.5 Å². The van der Waals surface area contributed by atoms with E-state index in [2.05, 4.69) is 11.9 Å². The van der Waals surface area contributed by atoms with E-state index in [-0.39, 0.29) is 5.91 Å². The zero-order valence-electron chi connectivity index (χ0n) is 11.7. The molecular formula is C15H23N3O. The first-order chi connectivity index (χ1) is 9.08. The van der Waals surface area contributed by atoms with Crippen LogP contribution in [0.15, 0.2) is 30.3 Å². The highest BCUT2D eigenvalue weighted by Crippen LogP contribution is 2.17. The van der Waals surface area contributed by atoms with Crippen LogP contribution in [0.25, 0.3) is 0 Å².